The molecule has 2 aliphatic heterocycles. The highest BCUT2D eigenvalue weighted by molar-refractivity contribution is 6.30. The van der Waals surface area contributed by atoms with E-state index in [1.54, 1.807) is 31.4 Å². The topological polar surface area (TPSA) is 67.7 Å². The Morgan fingerprint density at radius 2 is 1.81 bits per heavy atom. The molecular formula is C29H35ClN4O3. The van der Waals surface area contributed by atoms with E-state index in [4.69, 9.17) is 21.4 Å². The molecule has 0 atom stereocenters. The van der Waals surface area contributed by atoms with Crippen molar-refractivity contribution >= 4 is 34.2 Å². The van der Waals surface area contributed by atoms with Crippen LogP contribution in [-0.2, 0) is 11.3 Å². The first kappa shape index (κ1) is 25.9. The van der Waals surface area contributed by atoms with Gasteiger partial charge in [0.05, 0.1) is 11.6 Å². The van der Waals surface area contributed by atoms with Crippen LogP contribution in [0.4, 0.5) is 0 Å². The first-order valence-electron chi connectivity index (χ1n) is 13.2. The van der Waals surface area contributed by atoms with E-state index in [0.29, 0.717) is 29.0 Å². The molecule has 0 spiro atoms. The fourth-order valence-electron chi connectivity index (χ4n) is 5.49. The number of fused-ring (bicyclic) bond motifs is 1. The molecule has 2 saturated heterocycles. The largest absolute Gasteiger partial charge is 0.379 e. The number of ether oxygens (including phenoxy) is 1. The van der Waals surface area contributed by atoms with Crippen LogP contribution in [0.1, 0.15) is 52.0 Å². The summed E-state index contributed by atoms with van der Waals surface area (Å²) >= 11 is 5.95. The fourth-order valence-corrected chi connectivity index (χ4v) is 5.61. The van der Waals surface area contributed by atoms with Gasteiger partial charge >= 0.3 is 0 Å². The van der Waals surface area contributed by atoms with Crippen LogP contribution in [0.15, 0.2) is 42.6 Å². The van der Waals surface area contributed by atoms with Gasteiger partial charge in [0.25, 0.3) is 5.91 Å². The maximum Gasteiger partial charge on any atom is 0.253 e. The number of aryl methyl sites for hydroxylation is 1. The predicted molar refractivity (Wildman–Crippen MR) is 145 cm³/mol. The number of rotatable bonds is 9. The molecule has 2 fully saturated rings. The van der Waals surface area contributed by atoms with Crippen molar-refractivity contribution in [3.63, 3.8) is 0 Å². The molecule has 7 nitrogen and oxygen atoms in total. The van der Waals surface area contributed by atoms with Crippen LogP contribution >= 0.6 is 11.6 Å². The number of ketones is 1. The Hall–Kier alpha value is -2.74. The van der Waals surface area contributed by atoms with E-state index in [9.17, 15) is 9.59 Å². The van der Waals surface area contributed by atoms with E-state index in [1.807, 2.05) is 28.6 Å². The molecule has 3 aromatic rings. The lowest BCUT2D eigenvalue weighted by Crippen LogP contribution is -2.51. The SMILES string of the molecule is COC1CN(CCCC(=O)c2ccc3nn(CC4CCN(C(=O)c5ccc(Cl)cc5)CC4)cc3c2C)C1. The number of likely N-dealkylation sites (tertiary alicyclic amines) is 2. The number of methoxy groups -OCH3 is 1. The monoisotopic (exact) mass is 522 g/mol. The first-order chi connectivity index (χ1) is 17.9. The quantitative estimate of drug-likeness (QED) is 0.376. The van der Waals surface area contributed by atoms with E-state index in [2.05, 4.69) is 11.1 Å². The highest BCUT2D eigenvalue weighted by atomic mass is 35.5. The second-order valence-electron chi connectivity index (χ2n) is 10.4. The van der Waals surface area contributed by atoms with Gasteiger partial charge < -0.3 is 9.64 Å². The molecule has 2 aromatic carbocycles. The average molecular weight is 523 g/mol. The highest BCUT2D eigenvalue weighted by Crippen LogP contribution is 2.26. The Morgan fingerprint density at radius 1 is 1.08 bits per heavy atom. The number of piperidine rings is 1. The number of carbonyl (C=O) groups excluding carboxylic acids is 2. The third kappa shape index (κ3) is 5.89. The van der Waals surface area contributed by atoms with Gasteiger partial charge in [-0.2, -0.15) is 5.10 Å². The van der Waals surface area contributed by atoms with Crippen molar-refractivity contribution in [3.8, 4) is 0 Å². The summed E-state index contributed by atoms with van der Waals surface area (Å²) in [5.41, 5.74) is 3.43. The van der Waals surface area contributed by atoms with Gasteiger partial charge in [-0.25, -0.2) is 0 Å². The van der Waals surface area contributed by atoms with Gasteiger partial charge in [0, 0.05) is 74.0 Å². The van der Waals surface area contributed by atoms with E-state index in [-0.39, 0.29) is 11.7 Å². The average Bonchev–Trinajstić information content (AvgIpc) is 3.29. The lowest BCUT2D eigenvalue weighted by Gasteiger charge is -2.38. The van der Waals surface area contributed by atoms with Crippen molar-refractivity contribution in [2.24, 2.45) is 5.92 Å². The summed E-state index contributed by atoms with van der Waals surface area (Å²) < 4.78 is 7.34. The summed E-state index contributed by atoms with van der Waals surface area (Å²) in [4.78, 5) is 30.0. The molecule has 2 aliphatic rings. The molecule has 3 heterocycles. The first-order valence-corrected chi connectivity index (χ1v) is 13.6. The number of carbonyl (C=O) groups is 2. The molecule has 0 unspecified atom stereocenters. The zero-order chi connectivity index (χ0) is 25.9. The summed E-state index contributed by atoms with van der Waals surface area (Å²) in [5, 5.41) is 6.47. The molecule has 0 saturated carbocycles. The Kier molecular flexibility index (Phi) is 7.93. The number of hydrogen-bond acceptors (Lipinski definition) is 5. The van der Waals surface area contributed by atoms with Crippen LogP contribution in [0, 0.1) is 12.8 Å². The Labute approximate surface area is 223 Å². The molecule has 196 valence electrons. The van der Waals surface area contributed by atoms with Crippen LogP contribution in [-0.4, -0.2) is 77.2 Å². The smallest absolute Gasteiger partial charge is 0.253 e. The number of benzene rings is 2. The normalized spacial score (nSPS) is 17.3. The van der Waals surface area contributed by atoms with Crippen molar-refractivity contribution in [3.05, 3.63) is 64.3 Å². The van der Waals surface area contributed by atoms with Crippen LogP contribution in [0.2, 0.25) is 5.02 Å². The van der Waals surface area contributed by atoms with E-state index in [1.165, 1.54) is 0 Å². The Morgan fingerprint density at radius 3 is 2.51 bits per heavy atom. The second kappa shape index (κ2) is 11.3. The standard InChI is InChI=1S/C29H35ClN4O3/c1-20-25(28(35)4-3-13-32-17-24(18-32)37-2)9-10-27-26(20)19-34(31-27)16-21-11-14-33(15-12-21)29(36)22-5-7-23(30)8-6-22/h5-10,19,21,24H,3-4,11-18H2,1-2H3. The molecule has 0 radical (unpaired) electrons. The van der Waals surface area contributed by atoms with Gasteiger partial charge in [0.15, 0.2) is 5.78 Å². The second-order valence-corrected chi connectivity index (χ2v) is 10.8. The Bertz CT molecular complexity index is 1260. The molecule has 0 bridgehead atoms. The lowest BCUT2D eigenvalue weighted by molar-refractivity contribution is -0.0294. The lowest BCUT2D eigenvalue weighted by atomic mass is 9.96. The number of Topliss-reactive ketones (excluding diaryl/α,β-unsaturated/α-hetero) is 1. The molecule has 0 N–H and O–H groups in total. The molecule has 1 amide bonds. The number of amides is 1. The minimum atomic E-state index is 0.0665. The highest BCUT2D eigenvalue weighted by Gasteiger charge is 2.26. The third-order valence-corrected chi connectivity index (χ3v) is 8.13. The number of nitrogens with zero attached hydrogens (tertiary/aromatic N) is 4. The maximum atomic E-state index is 12.9. The van der Waals surface area contributed by atoms with Gasteiger partial charge in [-0.3, -0.25) is 19.2 Å². The molecule has 1 aromatic heterocycles. The van der Waals surface area contributed by atoms with Crippen LogP contribution in [0.5, 0.6) is 0 Å². The van der Waals surface area contributed by atoms with Gasteiger partial charge in [0.1, 0.15) is 0 Å². The van der Waals surface area contributed by atoms with E-state index in [0.717, 1.165) is 80.6 Å². The van der Waals surface area contributed by atoms with Crippen LogP contribution in [0.25, 0.3) is 10.9 Å². The summed E-state index contributed by atoms with van der Waals surface area (Å²) in [5.74, 6) is 0.731. The fraction of sp³-hybridized carbons (Fsp3) is 0.483. The van der Waals surface area contributed by atoms with Crippen molar-refractivity contribution in [2.45, 2.75) is 45.3 Å². The summed E-state index contributed by atoms with van der Waals surface area (Å²) in [7, 11) is 1.75. The molecule has 5 rings (SSSR count). The maximum absolute atomic E-state index is 12.9. The summed E-state index contributed by atoms with van der Waals surface area (Å²) in [6, 6.07) is 11.0. The van der Waals surface area contributed by atoms with E-state index < -0.39 is 0 Å². The van der Waals surface area contributed by atoms with E-state index >= 15 is 0 Å². The summed E-state index contributed by atoms with van der Waals surface area (Å²) in [6.07, 6.45) is 5.74. The molecule has 8 heteroatoms. The third-order valence-electron chi connectivity index (χ3n) is 7.88. The van der Waals surface area contributed by atoms with Gasteiger partial charge in [-0.15, -0.1) is 0 Å². The van der Waals surface area contributed by atoms with Crippen molar-refractivity contribution in [1.29, 1.82) is 0 Å². The molecule has 37 heavy (non-hydrogen) atoms. The predicted octanol–water partition coefficient (Wildman–Crippen LogP) is 4.84. The van der Waals surface area contributed by atoms with Gasteiger partial charge in [-0.1, -0.05) is 11.6 Å². The zero-order valence-electron chi connectivity index (χ0n) is 21.7. The van der Waals surface area contributed by atoms with Gasteiger partial charge in [-0.05, 0) is 80.6 Å². The van der Waals surface area contributed by atoms with Gasteiger partial charge in [0.2, 0.25) is 0 Å². The zero-order valence-corrected chi connectivity index (χ0v) is 22.4. The van der Waals surface area contributed by atoms with Crippen molar-refractivity contribution in [1.82, 2.24) is 19.6 Å². The number of halogens is 1. The van der Waals surface area contributed by atoms with Crippen molar-refractivity contribution < 1.29 is 14.3 Å². The van der Waals surface area contributed by atoms with Crippen LogP contribution in [0.3, 0.4) is 0 Å². The van der Waals surface area contributed by atoms with Crippen molar-refractivity contribution in [2.75, 3.05) is 39.8 Å². The minimum Gasteiger partial charge on any atom is -0.379 e. The minimum absolute atomic E-state index is 0.0665. The number of aromatic nitrogens is 2. The van der Waals surface area contributed by atoms with Crippen LogP contribution < -0.4 is 0 Å². The number of hydrogen-bond donors (Lipinski definition) is 0. The molecular weight excluding hydrogens is 488 g/mol. The Balaban J connectivity index is 1.14. The summed E-state index contributed by atoms with van der Waals surface area (Å²) in [6.45, 7) is 7.20. The molecule has 0 aliphatic carbocycles.